The van der Waals surface area contributed by atoms with Crippen LogP contribution in [0.25, 0.3) is 10.2 Å². The molecule has 1 aliphatic heterocycles. The number of carbonyl (C=O) groups excluding carboxylic acids is 1. The summed E-state index contributed by atoms with van der Waals surface area (Å²) in [6, 6.07) is 8.05. The van der Waals surface area contributed by atoms with Crippen molar-refractivity contribution < 1.29 is 9.32 Å². The Hall–Kier alpha value is -2.41. The van der Waals surface area contributed by atoms with Crippen LogP contribution >= 0.6 is 11.3 Å². The number of aryl methyl sites for hydroxylation is 2. The van der Waals surface area contributed by atoms with Crippen LogP contribution in [0.15, 0.2) is 28.8 Å². The van der Waals surface area contributed by atoms with Gasteiger partial charge in [-0.15, -0.1) is 0 Å². The predicted octanol–water partition coefficient (Wildman–Crippen LogP) is 3.12. The van der Waals surface area contributed by atoms with E-state index in [2.05, 4.69) is 35.2 Å². The van der Waals surface area contributed by atoms with Gasteiger partial charge in [-0.2, -0.15) is 0 Å². The maximum atomic E-state index is 12.4. The molecule has 130 valence electrons. The third-order valence-electron chi connectivity index (χ3n) is 4.55. The summed E-state index contributed by atoms with van der Waals surface area (Å²) >= 11 is 1.73. The monoisotopic (exact) mass is 356 g/mol. The molecule has 1 saturated heterocycles. The van der Waals surface area contributed by atoms with Crippen LogP contribution in [-0.4, -0.2) is 47.1 Å². The van der Waals surface area contributed by atoms with Gasteiger partial charge in [0.15, 0.2) is 5.13 Å². The summed E-state index contributed by atoms with van der Waals surface area (Å²) in [5, 5.41) is 4.83. The molecule has 0 spiro atoms. The molecule has 0 N–H and O–H groups in total. The number of rotatable bonds is 3. The van der Waals surface area contributed by atoms with Crippen molar-refractivity contribution in [1.82, 2.24) is 15.0 Å². The first-order valence-corrected chi connectivity index (χ1v) is 9.33. The predicted molar refractivity (Wildman–Crippen MR) is 98.4 cm³/mol. The molecule has 1 amide bonds. The van der Waals surface area contributed by atoms with Crippen molar-refractivity contribution in [3.8, 4) is 0 Å². The van der Waals surface area contributed by atoms with Crippen LogP contribution in [0, 0.1) is 6.92 Å². The molecule has 6 nitrogen and oxygen atoms in total. The lowest BCUT2D eigenvalue weighted by Gasteiger charge is -2.33. The molecule has 0 aliphatic carbocycles. The highest BCUT2D eigenvalue weighted by Crippen LogP contribution is 2.31. The molecule has 1 fully saturated rings. The van der Waals surface area contributed by atoms with Crippen LogP contribution in [0.3, 0.4) is 0 Å². The smallest absolute Gasteiger partial charge is 0.292 e. The van der Waals surface area contributed by atoms with Gasteiger partial charge in [0.2, 0.25) is 5.76 Å². The number of amides is 1. The summed E-state index contributed by atoms with van der Waals surface area (Å²) in [5.74, 6) is 0.233. The van der Waals surface area contributed by atoms with E-state index < -0.39 is 0 Å². The highest BCUT2D eigenvalue weighted by Gasteiger charge is 2.26. The van der Waals surface area contributed by atoms with Gasteiger partial charge >= 0.3 is 0 Å². The fourth-order valence-corrected chi connectivity index (χ4v) is 4.20. The van der Waals surface area contributed by atoms with Crippen LogP contribution in [-0.2, 0) is 6.42 Å². The second-order valence-electron chi connectivity index (χ2n) is 6.23. The van der Waals surface area contributed by atoms with Crippen molar-refractivity contribution in [2.45, 2.75) is 20.3 Å². The molecule has 7 heteroatoms. The Morgan fingerprint density at radius 2 is 2.08 bits per heavy atom. The average molecular weight is 356 g/mol. The molecule has 0 unspecified atom stereocenters. The number of carbonyl (C=O) groups is 1. The van der Waals surface area contributed by atoms with Crippen molar-refractivity contribution in [2.24, 2.45) is 0 Å². The summed E-state index contributed by atoms with van der Waals surface area (Å²) < 4.78 is 6.32. The first-order chi connectivity index (χ1) is 12.2. The second kappa shape index (κ2) is 6.48. The van der Waals surface area contributed by atoms with Gasteiger partial charge in [-0.05, 0) is 25.0 Å². The van der Waals surface area contributed by atoms with Crippen LogP contribution in [0.4, 0.5) is 5.13 Å². The molecular weight excluding hydrogens is 336 g/mol. The molecule has 25 heavy (non-hydrogen) atoms. The summed E-state index contributed by atoms with van der Waals surface area (Å²) in [6.45, 7) is 6.85. The van der Waals surface area contributed by atoms with Crippen LogP contribution in [0.1, 0.15) is 28.7 Å². The van der Waals surface area contributed by atoms with Crippen LogP contribution in [0.5, 0.6) is 0 Å². The van der Waals surface area contributed by atoms with Crippen molar-refractivity contribution >= 4 is 32.6 Å². The molecule has 4 rings (SSSR count). The lowest BCUT2D eigenvalue weighted by atomic mass is 10.1. The van der Waals surface area contributed by atoms with E-state index in [4.69, 9.17) is 9.51 Å². The fourth-order valence-electron chi connectivity index (χ4n) is 3.14. The molecule has 1 aromatic carbocycles. The molecule has 0 saturated carbocycles. The van der Waals surface area contributed by atoms with Crippen molar-refractivity contribution in [3.05, 3.63) is 41.3 Å². The minimum Gasteiger partial charge on any atom is -0.351 e. The number of piperazine rings is 1. The molecule has 0 radical (unpaired) electrons. The quantitative estimate of drug-likeness (QED) is 0.721. The average Bonchev–Trinajstić information content (AvgIpc) is 3.27. The Kier molecular flexibility index (Phi) is 4.17. The number of aromatic nitrogens is 2. The van der Waals surface area contributed by atoms with Gasteiger partial charge in [-0.3, -0.25) is 4.79 Å². The van der Waals surface area contributed by atoms with Crippen molar-refractivity contribution in [3.63, 3.8) is 0 Å². The van der Waals surface area contributed by atoms with Gasteiger partial charge in [0.05, 0.1) is 15.9 Å². The topological polar surface area (TPSA) is 62.5 Å². The number of anilines is 1. The van der Waals surface area contributed by atoms with E-state index >= 15 is 0 Å². The zero-order chi connectivity index (χ0) is 17.4. The van der Waals surface area contributed by atoms with Crippen molar-refractivity contribution in [1.29, 1.82) is 0 Å². The normalized spacial score (nSPS) is 15.1. The molecule has 1 aliphatic rings. The third-order valence-corrected chi connectivity index (χ3v) is 5.63. The molecule has 0 bridgehead atoms. The Bertz CT molecular complexity index is 909. The SMILES string of the molecule is CCc1cccc2sc(N3CCN(C(=O)c4cc(C)no4)CC3)nc12. The van der Waals surface area contributed by atoms with Gasteiger partial charge < -0.3 is 14.3 Å². The molecular formula is C18H20N4O2S. The molecule has 3 heterocycles. The summed E-state index contributed by atoms with van der Waals surface area (Å²) in [7, 11) is 0. The second-order valence-corrected chi connectivity index (χ2v) is 7.23. The van der Waals surface area contributed by atoms with E-state index in [0.717, 1.165) is 35.9 Å². The van der Waals surface area contributed by atoms with E-state index in [0.29, 0.717) is 18.8 Å². The first-order valence-electron chi connectivity index (χ1n) is 8.51. The number of fused-ring (bicyclic) bond motifs is 1. The maximum absolute atomic E-state index is 12.4. The summed E-state index contributed by atoms with van der Waals surface area (Å²) in [6.07, 6.45) is 0.986. The third kappa shape index (κ3) is 3.00. The Morgan fingerprint density at radius 3 is 2.76 bits per heavy atom. The van der Waals surface area contributed by atoms with Gasteiger partial charge in [-0.1, -0.05) is 35.5 Å². The Balaban J connectivity index is 1.47. The van der Waals surface area contributed by atoms with Gasteiger partial charge in [0.1, 0.15) is 0 Å². The summed E-state index contributed by atoms with van der Waals surface area (Å²) in [5.41, 5.74) is 3.12. The fraction of sp³-hybridized carbons (Fsp3) is 0.389. The number of para-hydroxylation sites is 1. The lowest BCUT2D eigenvalue weighted by molar-refractivity contribution is 0.0704. The number of hydrogen-bond donors (Lipinski definition) is 0. The lowest BCUT2D eigenvalue weighted by Crippen LogP contribution is -2.48. The van der Waals surface area contributed by atoms with E-state index in [1.165, 1.54) is 10.3 Å². The standard InChI is InChI=1S/C18H20N4O2S/c1-3-13-5-4-6-15-16(13)19-18(25-15)22-9-7-21(8-10-22)17(23)14-11-12(2)20-24-14/h4-6,11H,3,7-10H2,1-2H3. The van der Waals surface area contributed by atoms with Crippen LogP contribution < -0.4 is 4.90 Å². The maximum Gasteiger partial charge on any atom is 0.292 e. The Labute approximate surface area is 150 Å². The Morgan fingerprint density at radius 1 is 1.28 bits per heavy atom. The number of benzene rings is 1. The van der Waals surface area contributed by atoms with Gasteiger partial charge in [-0.25, -0.2) is 4.98 Å². The number of thiazole rings is 1. The summed E-state index contributed by atoms with van der Waals surface area (Å²) in [4.78, 5) is 21.4. The zero-order valence-corrected chi connectivity index (χ0v) is 15.2. The first kappa shape index (κ1) is 16.1. The van der Waals surface area contributed by atoms with E-state index in [1.54, 1.807) is 17.4 Å². The van der Waals surface area contributed by atoms with E-state index in [1.807, 2.05) is 11.8 Å². The number of nitrogens with zero attached hydrogens (tertiary/aromatic N) is 4. The highest BCUT2D eigenvalue weighted by molar-refractivity contribution is 7.22. The van der Waals surface area contributed by atoms with E-state index in [9.17, 15) is 4.79 Å². The van der Waals surface area contributed by atoms with Gasteiger partial charge in [0.25, 0.3) is 5.91 Å². The van der Waals surface area contributed by atoms with Gasteiger partial charge in [0, 0.05) is 32.2 Å². The van der Waals surface area contributed by atoms with Crippen molar-refractivity contribution in [2.75, 3.05) is 31.1 Å². The minimum absolute atomic E-state index is 0.0854. The molecule has 2 aromatic heterocycles. The zero-order valence-electron chi connectivity index (χ0n) is 14.4. The van der Waals surface area contributed by atoms with Crippen LogP contribution in [0.2, 0.25) is 0 Å². The molecule has 0 atom stereocenters. The largest absolute Gasteiger partial charge is 0.351 e. The molecule has 3 aromatic rings. The number of hydrogen-bond acceptors (Lipinski definition) is 6. The minimum atomic E-state index is -0.0854. The highest BCUT2D eigenvalue weighted by atomic mass is 32.1. The van der Waals surface area contributed by atoms with E-state index in [-0.39, 0.29) is 5.91 Å².